The first-order chi connectivity index (χ1) is 6.20. The van der Waals surface area contributed by atoms with Crippen molar-refractivity contribution in [2.75, 3.05) is 0 Å². The van der Waals surface area contributed by atoms with E-state index in [9.17, 15) is 0 Å². The summed E-state index contributed by atoms with van der Waals surface area (Å²) >= 11 is 11.5. The van der Waals surface area contributed by atoms with Gasteiger partial charge in [0.25, 0.3) is 0 Å². The molecule has 0 aliphatic carbocycles. The molecule has 0 aliphatic rings. The van der Waals surface area contributed by atoms with Crippen molar-refractivity contribution in [3.05, 3.63) is 35.6 Å². The molecule has 0 saturated carbocycles. The van der Waals surface area contributed by atoms with Crippen LogP contribution in [-0.4, -0.2) is 0 Å². The molecule has 0 aliphatic heterocycles. The Kier molecular flexibility index (Phi) is 2.22. The molecule has 13 heavy (non-hydrogen) atoms. The van der Waals surface area contributed by atoms with Crippen LogP contribution in [0.1, 0.15) is 16.2 Å². The van der Waals surface area contributed by atoms with Gasteiger partial charge in [0.05, 0.1) is 0 Å². The van der Waals surface area contributed by atoms with Crippen molar-refractivity contribution in [2.45, 2.75) is 11.8 Å². The van der Waals surface area contributed by atoms with E-state index in [2.05, 4.69) is 0 Å². The number of furan rings is 1. The van der Waals surface area contributed by atoms with Crippen LogP contribution in [0.4, 0.5) is 0 Å². The maximum Gasteiger partial charge on any atom is 0.165 e. The van der Waals surface area contributed by atoms with Crippen molar-refractivity contribution in [1.29, 1.82) is 0 Å². The normalized spacial score (nSPS) is 11.4. The summed E-state index contributed by atoms with van der Waals surface area (Å²) in [6.45, 7) is 1.96. The van der Waals surface area contributed by atoms with Crippen LogP contribution >= 0.6 is 23.2 Å². The second kappa shape index (κ2) is 3.24. The first kappa shape index (κ1) is 8.92. The molecule has 0 atom stereocenters. The molecule has 0 radical (unpaired) electrons. The third-order valence-electron chi connectivity index (χ3n) is 2.08. The molecule has 0 saturated heterocycles. The summed E-state index contributed by atoms with van der Waals surface area (Å²) < 4.78 is 5.50. The fourth-order valence-corrected chi connectivity index (χ4v) is 1.82. The Morgan fingerprint density at radius 2 is 1.92 bits per heavy atom. The molecule has 0 unspecified atom stereocenters. The highest BCUT2D eigenvalue weighted by atomic mass is 35.5. The van der Waals surface area contributed by atoms with Gasteiger partial charge in [-0.05, 0) is 13.0 Å². The minimum Gasteiger partial charge on any atom is -0.458 e. The van der Waals surface area contributed by atoms with Crippen LogP contribution in [0.3, 0.4) is 0 Å². The van der Waals surface area contributed by atoms with E-state index in [1.807, 2.05) is 31.2 Å². The lowest BCUT2D eigenvalue weighted by atomic mass is 10.2. The average Bonchev–Trinajstić information content (AvgIpc) is 2.45. The van der Waals surface area contributed by atoms with Crippen molar-refractivity contribution in [1.82, 2.24) is 0 Å². The quantitative estimate of drug-likeness (QED) is 0.649. The van der Waals surface area contributed by atoms with Crippen molar-refractivity contribution in [3.8, 4) is 0 Å². The number of aryl methyl sites for hydroxylation is 1. The predicted molar refractivity (Wildman–Crippen MR) is 55.4 cm³/mol. The zero-order valence-electron chi connectivity index (χ0n) is 7.05. The van der Waals surface area contributed by atoms with Gasteiger partial charge in [0.15, 0.2) is 4.84 Å². The number of benzene rings is 1. The molecule has 0 spiro atoms. The molecular formula is C10H8Cl2O. The fourth-order valence-electron chi connectivity index (χ4n) is 1.40. The Bertz CT molecular complexity index is 431. The van der Waals surface area contributed by atoms with Crippen molar-refractivity contribution in [2.24, 2.45) is 0 Å². The molecular weight excluding hydrogens is 207 g/mol. The molecule has 1 aromatic carbocycles. The lowest BCUT2D eigenvalue weighted by Crippen LogP contribution is -1.79. The third kappa shape index (κ3) is 1.43. The Morgan fingerprint density at radius 3 is 2.54 bits per heavy atom. The Morgan fingerprint density at radius 1 is 1.23 bits per heavy atom. The standard InChI is InChI=1S/C10H8Cl2O/c1-6-7-4-2-3-5-8(7)13-9(6)10(11)12/h2-5,10H,1H3. The molecule has 1 nitrogen and oxygen atoms in total. The van der Waals surface area contributed by atoms with Crippen LogP contribution in [0.25, 0.3) is 11.0 Å². The van der Waals surface area contributed by atoms with E-state index in [-0.39, 0.29) is 0 Å². The van der Waals surface area contributed by atoms with Gasteiger partial charge in [-0.1, -0.05) is 41.4 Å². The minimum absolute atomic E-state index is 0.590. The molecule has 3 heteroatoms. The predicted octanol–water partition coefficient (Wildman–Crippen LogP) is 4.22. The number of halogens is 2. The first-order valence-electron chi connectivity index (χ1n) is 3.96. The highest BCUT2D eigenvalue weighted by Crippen LogP contribution is 2.34. The second-order valence-corrected chi connectivity index (χ2v) is 3.98. The van der Waals surface area contributed by atoms with Crippen LogP contribution in [0.2, 0.25) is 0 Å². The largest absolute Gasteiger partial charge is 0.458 e. The number of para-hydroxylation sites is 1. The van der Waals surface area contributed by atoms with Crippen molar-refractivity contribution < 1.29 is 4.42 Å². The summed E-state index contributed by atoms with van der Waals surface area (Å²) in [6, 6.07) is 7.79. The minimum atomic E-state index is -0.590. The average molecular weight is 215 g/mol. The zero-order chi connectivity index (χ0) is 9.42. The van der Waals surface area contributed by atoms with Crippen molar-refractivity contribution >= 4 is 34.2 Å². The molecule has 0 bridgehead atoms. The smallest absolute Gasteiger partial charge is 0.165 e. The highest BCUT2D eigenvalue weighted by Gasteiger charge is 2.15. The lowest BCUT2D eigenvalue weighted by Gasteiger charge is -1.95. The van der Waals surface area contributed by atoms with Crippen LogP contribution < -0.4 is 0 Å². The molecule has 2 aromatic rings. The van der Waals surface area contributed by atoms with E-state index in [1.54, 1.807) is 0 Å². The van der Waals surface area contributed by atoms with Gasteiger partial charge in [-0.2, -0.15) is 0 Å². The number of alkyl halides is 2. The number of rotatable bonds is 1. The van der Waals surface area contributed by atoms with Crippen LogP contribution in [0.5, 0.6) is 0 Å². The van der Waals surface area contributed by atoms with Gasteiger partial charge < -0.3 is 4.42 Å². The third-order valence-corrected chi connectivity index (χ3v) is 2.48. The lowest BCUT2D eigenvalue weighted by molar-refractivity contribution is 0.565. The molecule has 0 N–H and O–H groups in total. The van der Waals surface area contributed by atoms with Gasteiger partial charge in [0.1, 0.15) is 11.3 Å². The maximum absolute atomic E-state index is 5.75. The Hall–Kier alpha value is -0.660. The van der Waals surface area contributed by atoms with Crippen LogP contribution in [0.15, 0.2) is 28.7 Å². The fraction of sp³-hybridized carbons (Fsp3) is 0.200. The summed E-state index contributed by atoms with van der Waals surface area (Å²) in [5, 5.41) is 1.07. The molecule has 1 heterocycles. The SMILES string of the molecule is Cc1c(C(Cl)Cl)oc2ccccc12. The van der Waals surface area contributed by atoms with E-state index in [1.165, 1.54) is 0 Å². The summed E-state index contributed by atoms with van der Waals surface area (Å²) in [7, 11) is 0. The summed E-state index contributed by atoms with van der Waals surface area (Å²) in [6.07, 6.45) is 0. The number of hydrogen-bond acceptors (Lipinski definition) is 1. The first-order valence-corrected chi connectivity index (χ1v) is 4.83. The summed E-state index contributed by atoms with van der Waals surface area (Å²) in [4.78, 5) is -0.590. The van der Waals surface area contributed by atoms with E-state index in [0.29, 0.717) is 5.76 Å². The molecule has 2 rings (SSSR count). The second-order valence-electron chi connectivity index (χ2n) is 2.89. The van der Waals surface area contributed by atoms with E-state index >= 15 is 0 Å². The highest BCUT2D eigenvalue weighted by molar-refractivity contribution is 6.44. The zero-order valence-corrected chi connectivity index (χ0v) is 8.56. The van der Waals surface area contributed by atoms with E-state index in [0.717, 1.165) is 16.5 Å². The Labute approximate surface area is 86.2 Å². The van der Waals surface area contributed by atoms with Gasteiger partial charge in [0, 0.05) is 10.9 Å². The summed E-state index contributed by atoms with van der Waals surface area (Å²) in [5.74, 6) is 0.643. The molecule has 0 amide bonds. The molecule has 68 valence electrons. The van der Waals surface area contributed by atoms with Gasteiger partial charge in [-0.3, -0.25) is 0 Å². The number of hydrogen-bond donors (Lipinski definition) is 0. The van der Waals surface area contributed by atoms with Crippen LogP contribution in [-0.2, 0) is 0 Å². The number of fused-ring (bicyclic) bond motifs is 1. The van der Waals surface area contributed by atoms with Crippen molar-refractivity contribution in [3.63, 3.8) is 0 Å². The summed E-state index contributed by atoms with van der Waals surface area (Å²) in [5.41, 5.74) is 1.85. The Balaban J connectivity index is 2.74. The van der Waals surface area contributed by atoms with E-state index < -0.39 is 4.84 Å². The molecule has 0 fully saturated rings. The van der Waals surface area contributed by atoms with Gasteiger partial charge in [-0.15, -0.1) is 0 Å². The van der Waals surface area contributed by atoms with Crippen LogP contribution in [0, 0.1) is 6.92 Å². The monoisotopic (exact) mass is 214 g/mol. The van der Waals surface area contributed by atoms with Gasteiger partial charge >= 0.3 is 0 Å². The maximum atomic E-state index is 5.75. The molecule has 1 aromatic heterocycles. The topological polar surface area (TPSA) is 13.1 Å². The van der Waals surface area contributed by atoms with Gasteiger partial charge in [0.2, 0.25) is 0 Å². The van der Waals surface area contributed by atoms with Gasteiger partial charge in [-0.25, -0.2) is 0 Å². The van der Waals surface area contributed by atoms with E-state index in [4.69, 9.17) is 27.6 Å².